The summed E-state index contributed by atoms with van der Waals surface area (Å²) >= 11 is 0. The lowest BCUT2D eigenvalue weighted by Crippen LogP contribution is -2.11. The third-order valence-corrected chi connectivity index (χ3v) is 3.85. The number of para-hydroxylation sites is 2. The molecule has 0 aromatic heterocycles. The first-order valence-corrected chi connectivity index (χ1v) is 9.20. The summed E-state index contributed by atoms with van der Waals surface area (Å²) in [4.78, 5) is 11.4. The summed E-state index contributed by atoms with van der Waals surface area (Å²) in [6.45, 7) is 1.22. The first-order valence-electron chi connectivity index (χ1n) is 9.20. The minimum Gasteiger partial charge on any atom is -0.490 e. The molecule has 3 aromatic rings. The number of carbonyl (C=O) groups is 1. The first-order chi connectivity index (χ1) is 14.2. The number of carboxylic acids is 1. The van der Waals surface area contributed by atoms with Gasteiger partial charge in [0.2, 0.25) is 0 Å². The number of ether oxygens (including phenoxy) is 4. The van der Waals surface area contributed by atoms with Crippen LogP contribution in [0.3, 0.4) is 0 Å². The van der Waals surface area contributed by atoms with E-state index in [0.29, 0.717) is 24.7 Å². The second-order valence-electron chi connectivity index (χ2n) is 6.02. The molecule has 0 spiro atoms. The largest absolute Gasteiger partial charge is 0.490 e. The molecular weight excluding hydrogens is 372 g/mol. The predicted molar refractivity (Wildman–Crippen MR) is 108 cm³/mol. The van der Waals surface area contributed by atoms with Gasteiger partial charge in [-0.3, -0.25) is 0 Å². The monoisotopic (exact) mass is 394 g/mol. The van der Waals surface area contributed by atoms with Gasteiger partial charge in [-0.25, -0.2) is 4.79 Å². The first kappa shape index (κ1) is 20.1. The van der Waals surface area contributed by atoms with Crippen LogP contribution >= 0.6 is 0 Å². The molecule has 6 heteroatoms. The fourth-order valence-corrected chi connectivity index (χ4v) is 2.53. The van der Waals surface area contributed by atoms with E-state index in [2.05, 4.69) is 0 Å². The second-order valence-corrected chi connectivity index (χ2v) is 6.02. The highest BCUT2D eigenvalue weighted by molar-refractivity contribution is 5.88. The van der Waals surface area contributed by atoms with Crippen LogP contribution in [0.15, 0.2) is 78.9 Å². The van der Waals surface area contributed by atoms with Crippen molar-refractivity contribution in [1.82, 2.24) is 0 Å². The molecule has 29 heavy (non-hydrogen) atoms. The molecule has 1 N–H and O–H groups in total. The third-order valence-electron chi connectivity index (χ3n) is 3.85. The van der Waals surface area contributed by atoms with Gasteiger partial charge in [0.15, 0.2) is 0 Å². The van der Waals surface area contributed by atoms with Crippen LogP contribution in [0, 0.1) is 0 Å². The lowest BCUT2D eigenvalue weighted by molar-refractivity contribution is 0.0695. The molecule has 0 bridgehead atoms. The van der Waals surface area contributed by atoms with Crippen molar-refractivity contribution >= 4 is 5.97 Å². The molecule has 0 aliphatic rings. The number of rotatable bonds is 11. The Bertz CT molecular complexity index is 830. The molecular formula is C23H22O6. The Morgan fingerprint density at radius 3 is 1.34 bits per heavy atom. The highest BCUT2D eigenvalue weighted by atomic mass is 16.5. The van der Waals surface area contributed by atoms with Crippen molar-refractivity contribution in [3.63, 3.8) is 0 Å². The summed E-state index contributed by atoms with van der Waals surface area (Å²) in [5.41, 5.74) is 0.0884. The van der Waals surface area contributed by atoms with E-state index in [9.17, 15) is 9.90 Å². The summed E-state index contributed by atoms with van der Waals surface area (Å²) in [5.74, 6) is 1.25. The summed E-state index contributed by atoms with van der Waals surface area (Å²) in [6.07, 6.45) is 0. The normalized spacial score (nSPS) is 10.2. The molecule has 0 unspecified atom stereocenters. The molecule has 0 heterocycles. The third kappa shape index (κ3) is 6.77. The Hall–Kier alpha value is -3.67. The quantitative estimate of drug-likeness (QED) is 0.489. The maximum atomic E-state index is 11.4. The van der Waals surface area contributed by atoms with E-state index in [1.165, 1.54) is 12.1 Å². The number of hydrogen-bond acceptors (Lipinski definition) is 5. The minimum absolute atomic E-state index is 0.0884. The smallest absolute Gasteiger partial charge is 0.335 e. The van der Waals surface area contributed by atoms with Crippen LogP contribution in [-0.2, 0) is 0 Å². The van der Waals surface area contributed by atoms with Gasteiger partial charge in [0, 0.05) is 6.07 Å². The Labute approximate surface area is 169 Å². The molecule has 0 fully saturated rings. The molecule has 3 aromatic carbocycles. The van der Waals surface area contributed by atoms with Crippen molar-refractivity contribution in [3.05, 3.63) is 84.4 Å². The van der Waals surface area contributed by atoms with E-state index in [1.54, 1.807) is 6.07 Å². The van der Waals surface area contributed by atoms with Crippen molar-refractivity contribution < 1.29 is 28.8 Å². The highest BCUT2D eigenvalue weighted by Gasteiger charge is 2.09. The van der Waals surface area contributed by atoms with E-state index in [4.69, 9.17) is 18.9 Å². The van der Waals surface area contributed by atoms with Crippen molar-refractivity contribution in [2.75, 3.05) is 26.4 Å². The van der Waals surface area contributed by atoms with Crippen LogP contribution in [0.2, 0.25) is 0 Å². The number of benzene rings is 3. The van der Waals surface area contributed by atoms with E-state index in [1.807, 2.05) is 60.7 Å². The maximum absolute atomic E-state index is 11.4. The lowest BCUT2D eigenvalue weighted by atomic mass is 10.2. The zero-order valence-corrected chi connectivity index (χ0v) is 15.8. The van der Waals surface area contributed by atoms with E-state index in [-0.39, 0.29) is 18.8 Å². The van der Waals surface area contributed by atoms with Crippen LogP contribution in [0.1, 0.15) is 10.4 Å². The molecule has 150 valence electrons. The standard InChI is InChI=1S/C23H22O6/c24-23(25)18-15-21(28-13-11-26-19-7-3-1-4-8-19)17-22(16-18)29-14-12-27-20-9-5-2-6-10-20/h1-10,15-17H,11-14H2,(H,24,25). The minimum atomic E-state index is -1.05. The Kier molecular flexibility index (Phi) is 7.34. The van der Waals surface area contributed by atoms with Gasteiger partial charge >= 0.3 is 5.97 Å². The zero-order chi connectivity index (χ0) is 20.3. The van der Waals surface area contributed by atoms with Gasteiger partial charge in [-0.05, 0) is 36.4 Å². The van der Waals surface area contributed by atoms with Gasteiger partial charge in [0.25, 0.3) is 0 Å². The molecule has 0 saturated carbocycles. The summed E-state index contributed by atoms with van der Waals surface area (Å²) in [6, 6.07) is 23.4. The van der Waals surface area contributed by atoms with Crippen LogP contribution in [0.25, 0.3) is 0 Å². The molecule has 0 aliphatic heterocycles. The van der Waals surface area contributed by atoms with Crippen molar-refractivity contribution in [2.45, 2.75) is 0 Å². The number of carboxylic acid groups (broad SMARTS) is 1. The summed E-state index contributed by atoms with van der Waals surface area (Å²) in [7, 11) is 0. The van der Waals surface area contributed by atoms with Crippen molar-refractivity contribution in [2.24, 2.45) is 0 Å². The van der Waals surface area contributed by atoms with Crippen molar-refractivity contribution in [3.8, 4) is 23.0 Å². The van der Waals surface area contributed by atoms with Crippen molar-refractivity contribution in [1.29, 1.82) is 0 Å². The Morgan fingerprint density at radius 2 is 0.966 bits per heavy atom. The van der Waals surface area contributed by atoms with Crippen LogP contribution in [0.5, 0.6) is 23.0 Å². The summed E-state index contributed by atoms with van der Waals surface area (Å²) < 4.78 is 22.4. The highest BCUT2D eigenvalue weighted by Crippen LogP contribution is 2.23. The zero-order valence-electron chi connectivity index (χ0n) is 15.8. The Balaban J connectivity index is 1.50. The molecule has 0 amide bonds. The molecule has 0 saturated heterocycles. The van der Waals surface area contributed by atoms with Crippen LogP contribution in [0.4, 0.5) is 0 Å². The van der Waals surface area contributed by atoms with E-state index >= 15 is 0 Å². The fraction of sp³-hybridized carbons (Fsp3) is 0.174. The van der Waals surface area contributed by atoms with Gasteiger partial charge in [0.1, 0.15) is 49.4 Å². The second kappa shape index (κ2) is 10.6. The average molecular weight is 394 g/mol. The molecule has 0 radical (unpaired) electrons. The summed E-state index contributed by atoms with van der Waals surface area (Å²) in [5, 5.41) is 9.31. The van der Waals surface area contributed by atoms with Crippen LogP contribution in [-0.4, -0.2) is 37.5 Å². The van der Waals surface area contributed by atoms with Gasteiger partial charge in [-0.15, -0.1) is 0 Å². The molecule has 3 rings (SSSR count). The predicted octanol–water partition coefficient (Wildman–Crippen LogP) is 4.30. The topological polar surface area (TPSA) is 74.2 Å². The maximum Gasteiger partial charge on any atom is 0.335 e. The average Bonchev–Trinajstić information content (AvgIpc) is 2.76. The number of aromatic carboxylic acids is 1. The molecule has 0 aliphatic carbocycles. The number of hydrogen-bond donors (Lipinski definition) is 1. The Morgan fingerprint density at radius 1 is 0.586 bits per heavy atom. The molecule has 0 atom stereocenters. The van der Waals surface area contributed by atoms with E-state index in [0.717, 1.165) is 11.5 Å². The molecule has 6 nitrogen and oxygen atoms in total. The van der Waals surface area contributed by atoms with E-state index < -0.39 is 5.97 Å². The van der Waals surface area contributed by atoms with Gasteiger partial charge in [-0.1, -0.05) is 36.4 Å². The van der Waals surface area contributed by atoms with Gasteiger partial charge in [0.05, 0.1) is 5.56 Å². The van der Waals surface area contributed by atoms with Gasteiger partial charge in [-0.2, -0.15) is 0 Å². The van der Waals surface area contributed by atoms with Crippen LogP contribution < -0.4 is 18.9 Å². The SMILES string of the molecule is O=C(O)c1cc(OCCOc2ccccc2)cc(OCCOc2ccccc2)c1. The lowest BCUT2D eigenvalue weighted by Gasteiger charge is -2.12. The van der Waals surface area contributed by atoms with Gasteiger partial charge < -0.3 is 24.1 Å². The fourth-order valence-electron chi connectivity index (χ4n) is 2.53.